The molecule has 0 unspecified atom stereocenters. The molecule has 0 aliphatic carbocycles. The number of hydrogen-bond donors (Lipinski definition) is 2. The standard InChI is InChI=1S/C13H25NO4/c1-9(2)8-10(14-11(16)6-7-15)12(17)18-13(3,4)5/h9-10,15H,6-8H2,1-5H3,(H,14,16)/t10-/m0/s1. The van der Waals surface area contributed by atoms with Gasteiger partial charge >= 0.3 is 5.97 Å². The Labute approximate surface area is 109 Å². The number of nitrogens with one attached hydrogen (secondary N) is 1. The molecule has 0 heterocycles. The average Bonchev–Trinajstić information content (AvgIpc) is 2.13. The highest BCUT2D eigenvalue weighted by Gasteiger charge is 2.27. The highest BCUT2D eigenvalue weighted by Crippen LogP contribution is 2.12. The summed E-state index contributed by atoms with van der Waals surface area (Å²) >= 11 is 0. The normalized spacial score (nSPS) is 13.3. The number of aliphatic hydroxyl groups is 1. The van der Waals surface area contributed by atoms with Gasteiger partial charge in [0, 0.05) is 6.42 Å². The number of aliphatic hydroxyl groups excluding tert-OH is 1. The first-order valence-corrected chi connectivity index (χ1v) is 6.28. The van der Waals surface area contributed by atoms with E-state index >= 15 is 0 Å². The molecule has 0 aromatic heterocycles. The van der Waals surface area contributed by atoms with Crippen molar-refractivity contribution in [2.45, 2.75) is 59.1 Å². The summed E-state index contributed by atoms with van der Waals surface area (Å²) in [6.45, 7) is 9.06. The van der Waals surface area contributed by atoms with Gasteiger partial charge in [-0.3, -0.25) is 4.79 Å². The van der Waals surface area contributed by atoms with Crippen LogP contribution in [0.15, 0.2) is 0 Å². The van der Waals surface area contributed by atoms with Gasteiger partial charge in [0.2, 0.25) is 5.91 Å². The molecule has 0 rings (SSSR count). The third-order valence-corrected chi connectivity index (χ3v) is 2.07. The lowest BCUT2D eigenvalue weighted by atomic mass is 10.0. The fraction of sp³-hybridized carbons (Fsp3) is 0.846. The van der Waals surface area contributed by atoms with Crippen LogP contribution in [0.1, 0.15) is 47.5 Å². The largest absolute Gasteiger partial charge is 0.458 e. The van der Waals surface area contributed by atoms with Gasteiger partial charge in [0.1, 0.15) is 11.6 Å². The molecule has 2 N–H and O–H groups in total. The van der Waals surface area contributed by atoms with Crippen molar-refractivity contribution in [3.05, 3.63) is 0 Å². The topological polar surface area (TPSA) is 75.6 Å². The smallest absolute Gasteiger partial charge is 0.329 e. The summed E-state index contributed by atoms with van der Waals surface area (Å²) in [5.74, 6) is -0.506. The molecule has 0 fully saturated rings. The molecule has 0 aromatic carbocycles. The van der Waals surface area contributed by atoms with Gasteiger partial charge in [-0.15, -0.1) is 0 Å². The highest BCUT2D eigenvalue weighted by atomic mass is 16.6. The first-order valence-electron chi connectivity index (χ1n) is 6.28. The lowest BCUT2D eigenvalue weighted by molar-refractivity contribution is -0.159. The summed E-state index contributed by atoms with van der Waals surface area (Å²) in [6.07, 6.45) is 0.517. The molecule has 0 aliphatic rings. The number of carbonyl (C=O) groups excluding carboxylic acids is 2. The van der Waals surface area contributed by atoms with E-state index in [1.54, 1.807) is 20.8 Å². The van der Waals surface area contributed by atoms with Gasteiger partial charge in [-0.05, 0) is 33.1 Å². The summed E-state index contributed by atoms with van der Waals surface area (Å²) in [4.78, 5) is 23.4. The minimum absolute atomic E-state index is 0.00259. The lowest BCUT2D eigenvalue weighted by Gasteiger charge is -2.25. The SMILES string of the molecule is CC(C)C[C@H](NC(=O)CCO)C(=O)OC(C)(C)C. The maximum Gasteiger partial charge on any atom is 0.329 e. The maximum absolute atomic E-state index is 11.9. The Morgan fingerprint density at radius 1 is 1.28 bits per heavy atom. The van der Waals surface area contributed by atoms with Crippen LogP contribution in [0.4, 0.5) is 0 Å². The maximum atomic E-state index is 11.9. The fourth-order valence-electron chi connectivity index (χ4n) is 1.43. The molecular formula is C13H25NO4. The van der Waals surface area contributed by atoms with Gasteiger partial charge in [-0.25, -0.2) is 4.79 Å². The summed E-state index contributed by atoms with van der Waals surface area (Å²) < 4.78 is 5.26. The minimum Gasteiger partial charge on any atom is -0.458 e. The molecule has 0 aliphatic heterocycles. The van der Waals surface area contributed by atoms with Gasteiger partial charge in [0.25, 0.3) is 0 Å². The van der Waals surface area contributed by atoms with E-state index in [0.29, 0.717) is 6.42 Å². The van der Waals surface area contributed by atoms with Gasteiger partial charge in [-0.2, -0.15) is 0 Å². The van der Waals surface area contributed by atoms with E-state index in [1.165, 1.54) is 0 Å². The molecule has 106 valence electrons. The molecule has 1 atom stereocenters. The molecule has 0 saturated heterocycles. The van der Waals surface area contributed by atoms with Gasteiger partial charge in [0.15, 0.2) is 0 Å². The second-order valence-electron chi connectivity index (χ2n) is 5.76. The lowest BCUT2D eigenvalue weighted by Crippen LogP contribution is -2.45. The zero-order valence-corrected chi connectivity index (χ0v) is 11.9. The van der Waals surface area contributed by atoms with Crippen molar-refractivity contribution in [3.8, 4) is 0 Å². The molecular weight excluding hydrogens is 234 g/mol. The Balaban J connectivity index is 4.57. The molecule has 0 aromatic rings. The van der Waals surface area contributed by atoms with Crippen LogP contribution in [0.3, 0.4) is 0 Å². The summed E-state index contributed by atoms with van der Waals surface area (Å²) in [5.41, 5.74) is -0.575. The van der Waals surface area contributed by atoms with Crippen molar-refractivity contribution in [1.29, 1.82) is 0 Å². The molecule has 0 radical (unpaired) electrons. The Bertz CT molecular complexity index is 281. The van der Waals surface area contributed by atoms with Crippen molar-refractivity contribution < 1.29 is 19.4 Å². The van der Waals surface area contributed by atoms with Crippen LogP contribution in [-0.2, 0) is 14.3 Å². The monoisotopic (exact) mass is 259 g/mol. The molecule has 5 nitrogen and oxygen atoms in total. The van der Waals surface area contributed by atoms with E-state index in [9.17, 15) is 9.59 Å². The van der Waals surface area contributed by atoms with Crippen molar-refractivity contribution >= 4 is 11.9 Å². The number of carbonyl (C=O) groups is 2. The Morgan fingerprint density at radius 3 is 2.22 bits per heavy atom. The first-order chi connectivity index (χ1) is 8.15. The zero-order chi connectivity index (χ0) is 14.3. The first kappa shape index (κ1) is 16.9. The molecule has 0 saturated carbocycles. The van der Waals surface area contributed by atoms with E-state index in [-0.39, 0.29) is 24.9 Å². The van der Waals surface area contributed by atoms with E-state index in [4.69, 9.17) is 9.84 Å². The van der Waals surface area contributed by atoms with Crippen LogP contribution in [0, 0.1) is 5.92 Å². The molecule has 1 amide bonds. The van der Waals surface area contributed by atoms with Crippen LogP contribution < -0.4 is 5.32 Å². The van der Waals surface area contributed by atoms with Crippen molar-refractivity contribution in [2.75, 3.05) is 6.61 Å². The zero-order valence-electron chi connectivity index (χ0n) is 11.9. The van der Waals surface area contributed by atoms with Crippen LogP contribution in [0.25, 0.3) is 0 Å². The van der Waals surface area contributed by atoms with E-state index in [1.807, 2.05) is 13.8 Å². The Kier molecular flexibility index (Phi) is 6.91. The second kappa shape index (κ2) is 7.36. The predicted octanol–water partition coefficient (Wildman–Crippen LogP) is 1.24. The minimum atomic E-state index is -0.650. The third-order valence-electron chi connectivity index (χ3n) is 2.07. The van der Waals surface area contributed by atoms with Gasteiger partial charge < -0.3 is 15.2 Å². The number of ether oxygens (including phenoxy) is 1. The van der Waals surface area contributed by atoms with E-state index in [2.05, 4.69) is 5.32 Å². The Hall–Kier alpha value is -1.10. The van der Waals surface area contributed by atoms with Crippen LogP contribution in [-0.4, -0.2) is 35.2 Å². The van der Waals surface area contributed by atoms with Crippen molar-refractivity contribution in [2.24, 2.45) is 5.92 Å². The Morgan fingerprint density at radius 2 is 1.83 bits per heavy atom. The predicted molar refractivity (Wildman–Crippen MR) is 68.9 cm³/mol. The van der Waals surface area contributed by atoms with E-state index in [0.717, 1.165) is 0 Å². The van der Waals surface area contributed by atoms with Crippen LogP contribution in [0.5, 0.6) is 0 Å². The van der Waals surface area contributed by atoms with Gasteiger partial charge in [0.05, 0.1) is 6.61 Å². The average molecular weight is 259 g/mol. The molecule has 18 heavy (non-hydrogen) atoms. The van der Waals surface area contributed by atoms with Crippen LogP contribution in [0.2, 0.25) is 0 Å². The molecule has 0 spiro atoms. The molecule has 0 bridgehead atoms. The number of amides is 1. The highest BCUT2D eigenvalue weighted by molar-refractivity contribution is 5.84. The van der Waals surface area contributed by atoms with Gasteiger partial charge in [-0.1, -0.05) is 13.8 Å². The summed E-state index contributed by atoms with van der Waals surface area (Å²) in [5, 5.41) is 11.3. The number of rotatable bonds is 6. The van der Waals surface area contributed by atoms with Crippen LogP contribution >= 0.6 is 0 Å². The fourth-order valence-corrected chi connectivity index (χ4v) is 1.43. The molecule has 5 heteroatoms. The number of esters is 1. The summed E-state index contributed by atoms with van der Waals surface area (Å²) in [7, 11) is 0. The van der Waals surface area contributed by atoms with Crippen molar-refractivity contribution in [1.82, 2.24) is 5.32 Å². The second-order valence-corrected chi connectivity index (χ2v) is 5.76. The summed E-state index contributed by atoms with van der Waals surface area (Å²) in [6, 6.07) is -0.650. The van der Waals surface area contributed by atoms with E-state index < -0.39 is 17.6 Å². The third kappa shape index (κ3) is 8.06. The quantitative estimate of drug-likeness (QED) is 0.704. The van der Waals surface area contributed by atoms with Crippen molar-refractivity contribution in [3.63, 3.8) is 0 Å². The number of hydrogen-bond acceptors (Lipinski definition) is 4.